The number of carbonyl (C=O) groups excluding carboxylic acids is 1. The monoisotopic (exact) mass is 385 g/mol. The largest absolute Gasteiger partial charge is 0.331 e. The highest BCUT2D eigenvalue weighted by molar-refractivity contribution is 5.94. The molecular weight excluding hydrogens is 360 g/mol. The Labute approximate surface area is 163 Å². The maximum absolute atomic E-state index is 14.2. The predicted molar refractivity (Wildman–Crippen MR) is 106 cm³/mol. The lowest BCUT2D eigenvalue weighted by Gasteiger charge is -2.25. The van der Waals surface area contributed by atoms with Crippen molar-refractivity contribution < 1.29 is 13.6 Å². The predicted octanol–water partition coefficient (Wildman–Crippen LogP) is 5.02. The van der Waals surface area contributed by atoms with Gasteiger partial charge in [-0.1, -0.05) is 39.0 Å². The minimum Gasteiger partial charge on any atom is -0.331 e. The molecule has 0 fully saturated rings. The number of imidazole rings is 1. The fourth-order valence-corrected chi connectivity index (χ4v) is 3.39. The molecule has 0 N–H and O–H groups in total. The van der Waals surface area contributed by atoms with Gasteiger partial charge >= 0.3 is 0 Å². The van der Waals surface area contributed by atoms with Crippen molar-refractivity contribution in [1.29, 1.82) is 0 Å². The van der Waals surface area contributed by atoms with E-state index in [4.69, 9.17) is 4.98 Å². The van der Waals surface area contributed by atoms with Gasteiger partial charge in [-0.15, -0.1) is 0 Å². The van der Waals surface area contributed by atoms with E-state index in [0.717, 1.165) is 35.9 Å². The van der Waals surface area contributed by atoms with Gasteiger partial charge in [-0.2, -0.15) is 0 Å². The van der Waals surface area contributed by atoms with Crippen LogP contribution >= 0.6 is 0 Å². The maximum atomic E-state index is 14.2. The van der Waals surface area contributed by atoms with E-state index in [1.807, 2.05) is 38.1 Å². The summed E-state index contributed by atoms with van der Waals surface area (Å²) in [5, 5.41) is 0. The maximum Gasteiger partial charge on any atom is 0.257 e. The molecule has 1 aromatic heterocycles. The van der Waals surface area contributed by atoms with Gasteiger partial charge in [-0.05, 0) is 36.6 Å². The van der Waals surface area contributed by atoms with Crippen LogP contribution in [0.2, 0.25) is 0 Å². The van der Waals surface area contributed by atoms with Crippen molar-refractivity contribution in [3.8, 4) is 0 Å². The zero-order chi connectivity index (χ0) is 20.3. The lowest BCUT2D eigenvalue weighted by Crippen LogP contribution is -2.35. The number of aryl methyl sites for hydroxylation is 1. The molecular formula is C22H25F2N3O. The number of nitrogens with zero attached hydrogens (tertiary/aromatic N) is 3. The lowest BCUT2D eigenvalue weighted by atomic mass is 10.1. The second-order valence-electron chi connectivity index (χ2n) is 7.35. The Morgan fingerprint density at radius 3 is 2.61 bits per heavy atom. The topological polar surface area (TPSA) is 38.1 Å². The summed E-state index contributed by atoms with van der Waals surface area (Å²) in [7, 11) is 0. The molecule has 148 valence electrons. The summed E-state index contributed by atoms with van der Waals surface area (Å²) >= 11 is 0. The first-order valence-electron chi connectivity index (χ1n) is 9.59. The molecule has 0 radical (unpaired) electrons. The van der Waals surface area contributed by atoms with Crippen LogP contribution in [-0.4, -0.2) is 26.9 Å². The fraction of sp³-hybridized carbons (Fsp3) is 0.364. The first-order chi connectivity index (χ1) is 13.4. The molecule has 0 unspecified atom stereocenters. The average molecular weight is 385 g/mol. The van der Waals surface area contributed by atoms with Crippen molar-refractivity contribution in [2.45, 2.75) is 40.3 Å². The third kappa shape index (κ3) is 4.06. The van der Waals surface area contributed by atoms with E-state index in [1.54, 1.807) is 4.90 Å². The van der Waals surface area contributed by atoms with E-state index >= 15 is 0 Å². The van der Waals surface area contributed by atoms with Crippen LogP contribution < -0.4 is 0 Å². The van der Waals surface area contributed by atoms with Crippen LogP contribution in [0, 0.1) is 17.6 Å². The lowest BCUT2D eigenvalue weighted by molar-refractivity contribution is 0.0710. The summed E-state index contributed by atoms with van der Waals surface area (Å²) in [6, 6.07) is 11.5. The van der Waals surface area contributed by atoms with Gasteiger partial charge in [-0.25, -0.2) is 13.8 Å². The Bertz CT molecular complexity index is 981. The van der Waals surface area contributed by atoms with E-state index in [2.05, 4.69) is 11.5 Å². The number of halogens is 2. The highest BCUT2D eigenvalue weighted by Gasteiger charge is 2.24. The summed E-state index contributed by atoms with van der Waals surface area (Å²) in [4.78, 5) is 19.3. The summed E-state index contributed by atoms with van der Waals surface area (Å²) < 4.78 is 29.9. The van der Waals surface area contributed by atoms with Gasteiger partial charge in [0.05, 0.1) is 23.1 Å². The van der Waals surface area contributed by atoms with Crippen LogP contribution in [0.3, 0.4) is 0 Å². The molecule has 0 aliphatic rings. The van der Waals surface area contributed by atoms with Gasteiger partial charge in [0.25, 0.3) is 5.91 Å². The van der Waals surface area contributed by atoms with Crippen molar-refractivity contribution in [2.24, 2.45) is 5.92 Å². The van der Waals surface area contributed by atoms with Gasteiger partial charge in [0, 0.05) is 13.1 Å². The minimum atomic E-state index is -1.11. The Hall–Kier alpha value is -2.76. The molecule has 4 nitrogen and oxygen atoms in total. The fourth-order valence-electron chi connectivity index (χ4n) is 3.39. The van der Waals surface area contributed by atoms with E-state index in [-0.39, 0.29) is 18.0 Å². The molecule has 6 heteroatoms. The second-order valence-corrected chi connectivity index (χ2v) is 7.35. The van der Waals surface area contributed by atoms with Crippen molar-refractivity contribution in [3.05, 3.63) is 65.5 Å². The number of amides is 1. The van der Waals surface area contributed by atoms with E-state index in [1.165, 1.54) is 12.1 Å². The summed E-state index contributed by atoms with van der Waals surface area (Å²) in [6.07, 6.45) is 0.921. The Morgan fingerprint density at radius 2 is 1.89 bits per heavy atom. The van der Waals surface area contributed by atoms with Gasteiger partial charge in [0.15, 0.2) is 11.6 Å². The van der Waals surface area contributed by atoms with Crippen LogP contribution in [0.5, 0.6) is 0 Å². The van der Waals surface area contributed by atoms with Crippen LogP contribution in [0.25, 0.3) is 11.0 Å². The van der Waals surface area contributed by atoms with Crippen molar-refractivity contribution in [1.82, 2.24) is 14.5 Å². The average Bonchev–Trinajstić information content (AvgIpc) is 3.00. The molecule has 3 rings (SSSR count). The minimum absolute atomic E-state index is 0.171. The van der Waals surface area contributed by atoms with Crippen molar-refractivity contribution >= 4 is 16.9 Å². The van der Waals surface area contributed by atoms with Crippen molar-refractivity contribution in [2.75, 3.05) is 6.54 Å². The summed E-state index contributed by atoms with van der Waals surface area (Å²) in [5.41, 5.74) is 1.62. The highest BCUT2D eigenvalue weighted by atomic mass is 19.2. The number of carbonyl (C=O) groups is 1. The summed E-state index contributed by atoms with van der Waals surface area (Å²) in [6.45, 7) is 7.48. The van der Waals surface area contributed by atoms with Crippen LogP contribution in [0.1, 0.15) is 43.4 Å². The Morgan fingerprint density at radius 1 is 1.14 bits per heavy atom. The highest BCUT2D eigenvalue weighted by Crippen LogP contribution is 2.21. The van der Waals surface area contributed by atoms with E-state index in [9.17, 15) is 13.6 Å². The molecule has 0 bridgehead atoms. The smallest absolute Gasteiger partial charge is 0.257 e. The number of rotatable bonds is 7. The molecule has 2 aromatic carbocycles. The molecule has 0 atom stereocenters. The van der Waals surface area contributed by atoms with Gasteiger partial charge < -0.3 is 9.47 Å². The Kier molecular flexibility index (Phi) is 6.07. The van der Waals surface area contributed by atoms with E-state index in [0.29, 0.717) is 6.54 Å². The number of para-hydroxylation sites is 2. The third-order valence-corrected chi connectivity index (χ3v) is 4.57. The molecule has 1 heterocycles. The molecule has 0 saturated carbocycles. The molecule has 28 heavy (non-hydrogen) atoms. The molecule has 0 aliphatic carbocycles. The first-order valence-corrected chi connectivity index (χ1v) is 9.59. The number of hydrogen-bond donors (Lipinski definition) is 0. The SMILES string of the molecule is CCCn1c(CN(CC(C)C)C(=O)c2cccc(F)c2F)nc2ccccc21. The van der Waals surface area contributed by atoms with Crippen LogP contribution in [0.4, 0.5) is 8.78 Å². The van der Waals surface area contributed by atoms with Crippen LogP contribution in [-0.2, 0) is 13.1 Å². The Balaban J connectivity index is 1.99. The number of benzene rings is 2. The zero-order valence-corrected chi connectivity index (χ0v) is 16.5. The van der Waals surface area contributed by atoms with Crippen molar-refractivity contribution in [3.63, 3.8) is 0 Å². The third-order valence-electron chi connectivity index (χ3n) is 4.57. The normalized spacial score (nSPS) is 11.4. The number of aromatic nitrogens is 2. The molecule has 1 amide bonds. The van der Waals surface area contributed by atoms with E-state index < -0.39 is 17.5 Å². The second kappa shape index (κ2) is 8.50. The summed E-state index contributed by atoms with van der Waals surface area (Å²) in [5.74, 6) is -1.74. The van der Waals surface area contributed by atoms with Gasteiger partial charge in [0.1, 0.15) is 5.82 Å². The molecule has 0 spiro atoms. The van der Waals surface area contributed by atoms with Gasteiger partial charge in [-0.3, -0.25) is 4.79 Å². The standard InChI is InChI=1S/C22H25F2N3O/c1-4-12-27-19-11-6-5-10-18(19)25-20(27)14-26(13-15(2)3)22(28)16-8-7-9-17(23)21(16)24/h5-11,15H,4,12-14H2,1-3H3. The quantitative estimate of drug-likeness (QED) is 0.573. The van der Waals surface area contributed by atoms with Crippen LogP contribution in [0.15, 0.2) is 42.5 Å². The van der Waals surface area contributed by atoms with Gasteiger partial charge in [0.2, 0.25) is 0 Å². The molecule has 0 aliphatic heterocycles. The number of fused-ring (bicyclic) bond motifs is 1. The molecule has 0 saturated heterocycles. The number of hydrogen-bond acceptors (Lipinski definition) is 2. The zero-order valence-electron chi connectivity index (χ0n) is 16.5. The first kappa shape index (κ1) is 20.0. The molecule has 3 aromatic rings.